The Bertz CT molecular complexity index is 710. The van der Waals surface area contributed by atoms with Gasteiger partial charge in [0.1, 0.15) is 5.75 Å². The normalized spacial score (nSPS) is 11.9. The fraction of sp³-hybridized carbons (Fsp3) is 0.381. The maximum Gasteiger partial charge on any atom is 0.171 e. The molecule has 2 rings (SSSR count). The molecule has 0 heterocycles. The van der Waals surface area contributed by atoms with E-state index in [0.717, 1.165) is 17.9 Å². The number of aryl methyl sites for hydroxylation is 2. The van der Waals surface area contributed by atoms with Crippen LogP contribution in [0.5, 0.6) is 5.75 Å². The van der Waals surface area contributed by atoms with Crippen molar-refractivity contribution >= 4 is 23.0 Å². The third-order valence-corrected chi connectivity index (χ3v) is 4.52. The van der Waals surface area contributed by atoms with Gasteiger partial charge in [-0.25, -0.2) is 0 Å². The number of thiocarbonyl (C=S) groups is 1. The summed E-state index contributed by atoms with van der Waals surface area (Å²) in [6, 6.07) is 14.6. The Hall–Kier alpha value is -2.07. The Kier molecular flexibility index (Phi) is 6.82. The molecule has 0 saturated heterocycles. The number of hydrogen-bond acceptors (Lipinski definition) is 2. The highest BCUT2D eigenvalue weighted by Gasteiger charge is 2.15. The van der Waals surface area contributed by atoms with Crippen LogP contribution in [0.1, 0.15) is 43.0 Å². The van der Waals surface area contributed by atoms with Gasteiger partial charge in [-0.05, 0) is 79.4 Å². The molecule has 4 heteroatoms. The number of benzene rings is 2. The molecule has 0 fully saturated rings. The van der Waals surface area contributed by atoms with Crippen LogP contribution in [-0.2, 0) is 0 Å². The average molecular weight is 357 g/mol. The molecule has 2 aromatic rings. The summed E-state index contributed by atoms with van der Waals surface area (Å²) in [6.45, 7) is 8.66. The molecule has 0 spiro atoms. The minimum atomic E-state index is 0.164. The Morgan fingerprint density at radius 3 is 2.28 bits per heavy atom. The monoisotopic (exact) mass is 356 g/mol. The Labute approximate surface area is 156 Å². The number of hydrogen-bond donors (Lipinski definition) is 2. The van der Waals surface area contributed by atoms with Gasteiger partial charge in [-0.3, -0.25) is 0 Å². The first-order chi connectivity index (χ1) is 11.9. The molecule has 3 nitrogen and oxygen atoms in total. The molecule has 0 radical (unpaired) electrons. The summed E-state index contributed by atoms with van der Waals surface area (Å²) in [5.41, 5.74) is 4.75. The molecule has 2 N–H and O–H groups in total. The van der Waals surface area contributed by atoms with Crippen LogP contribution in [0, 0.1) is 19.8 Å². The van der Waals surface area contributed by atoms with Crippen LogP contribution < -0.4 is 15.4 Å². The van der Waals surface area contributed by atoms with Gasteiger partial charge in [-0.15, -0.1) is 0 Å². The first-order valence-corrected chi connectivity index (χ1v) is 9.08. The highest BCUT2D eigenvalue weighted by molar-refractivity contribution is 7.80. The van der Waals surface area contributed by atoms with E-state index < -0.39 is 0 Å². The zero-order chi connectivity index (χ0) is 18.4. The molecule has 25 heavy (non-hydrogen) atoms. The van der Waals surface area contributed by atoms with Crippen LogP contribution in [0.2, 0.25) is 0 Å². The molecular formula is C21H28N2OS. The average Bonchev–Trinajstić information content (AvgIpc) is 2.57. The topological polar surface area (TPSA) is 33.3 Å². The summed E-state index contributed by atoms with van der Waals surface area (Å²) < 4.78 is 5.25. The Morgan fingerprint density at radius 2 is 1.72 bits per heavy atom. The SMILES string of the molecule is COc1ccc(C(CC(C)C)NC(=S)Nc2ccc(C)c(C)c2)cc1. The summed E-state index contributed by atoms with van der Waals surface area (Å²) in [6.07, 6.45) is 1.00. The maximum absolute atomic E-state index is 5.54. The van der Waals surface area contributed by atoms with E-state index in [1.54, 1.807) is 7.11 Å². The molecule has 0 aromatic heterocycles. The van der Waals surface area contributed by atoms with Gasteiger partial charge in [-0.1, -0.05) is 32.0 Å². The summed E-state index contributed by atoms with van der Waals surface area (Å²) >= 11 is 5.54. The van der Waals surface area contributed by atoms with Gasteiger partial charge in [0.05, 0.1) is 13.2 Å². The third-order valence-electron chi connectivity index (χ3n) is 4.30. The van der Waals surface area contributed by atoms with Crippen molar-refractivity contribution in [1.29, 1.82) is 0 Å². The zero-order valence-corrected chi connectivity index (χ0v) is 16.5. The van der Waals surface area contributed by atoms with E-state index in [9.17, 15) is 0 Å². The molecule has 1 unspecified atom stereocenters. The molecule has 0 aliphatic rings. The van der Waals surface area contributed by atoms with E-state index in [0.29, 0.717) is 11.0 Å². The molecule has 134 valence electrons. The van der Waals surface area contributed by atoms with Gasteiger partial charge in [0.25, 0.3) is 0 Å². The number of anilines is 1. The van der Waals surface area contributed by atoms with E-state index >= 15 is 0 Å². The molecule has 0 aliphatic heterocycles. The second kappa shape index (κ2) is 8.86. The van der Waals surface area contributed by atoms with E-state index in [2.05, 4.69) is 68.7 Å². The van der Waals surface area contributed by atoms with Crippen LogP contribution in [-0.4, -0.2) is 12.2 Å². The van der Waals surface area contributed by atoms with Crippen LogP contribution in [0.25, 0.3) is 0 Å². The summed E-state index contributed by atoms with van der Waals surface area (Å²) in [7, 11) is 1.68. The van der Waals surface area contributed by atoms with Crippen molar-refractivity contribution in [2.45, 2.75) is 40.2 Å². The fourth-order valence-corrected chi connectivity index (χ4v) is 2.99. The van der Waals surface area contributed by atoms with Crippen molar-refractivity contribution in [3.63, 3.8) is 0 Å². The van der Waals surface area contributed by atoms with Crippen molar-refractivity contribution in [3.05, 3.63) is 59.2 Å². The van der Waals surface area contributed by atoms with Gasteiger partial charge in [-0.2, -0.15) is 0 Å². The van der Waals surface area contributed by atoms with Crippen LogP contribution in [0.4, 0.5) is 5.69 Å². The van der Waals surface area contributed by atoms with Gasteiger partial charge in [0, 0.05) is 5.69 Å². The standard InChI is InChI=1S/C21H28N2OS/c1-14(2)12-20(17-7-10-19(24-5)11-8-17)23-21(25)22-18-9-6-15(3)16(4)13-18/h6-11,13-14,20H,12H2,1-5H3,(H2,22,23,25). The predicted octanol–water partition coefficient (Wildman–Crippen LogP) is 5.39. The second-order valence-corrected chi connectivity index (χ2v) is 7.26. The number of methoxy groups -OCH3 is 1. The Balaban J connectivity index is 2.09. The smallest absolute Gasteiger partial charge is 0.171 e. The highest BCUT2D eigenvalue weighted by Crippen LogP contribution is 2.24. The van der Waals surface area contributed by atoms with Gasteiger partial charge in [0.15, 0.2) is 5.11 Å². The molecule has 0 aliphatic carbocycles. The van der Waals surface area contributed by atoms with Crippen LogP contribution in [0.3, 0.4) is 0 Å². The van der Waals surface area contributed by atoms with Crippen molar-refractivity contribution in [2.24, 2.45) is 5.92 Å². The lowest BCUT2D eigenvalue weighted by atomic mass is 9.97. The molecule has 2 aromatic carbocycles. The van der Waals surface area contributed by atoms with E-state index in [1.807, 2.05) is 12.1 Å². The highest BCUT2D eigenvalue weighted by atomic mass is 32.1. The zero-order valence-electron chi connectivity index (χ0n) is 15.7. The van der Waals surface area contributed by atoms with Crippen molar-refractivity contribution in [1.82, 2.24) is 5.32 Å². The summed E-state index contributed by atoms with van der Waals surface area (Å²) in [5, 5.41) is 7.41. The van der Waals surface area contributed by atoms with Gasteiger partial charge < -0.3 is 15.4 Å². The molecule has 1 atom stereocenters. The van der Waals surface area contributed by atoms with E-state index in [1.165, 1.54) is 16.7 Å². The number of rotatable bonds is 6. The maximum atomic E-state index is 5.54. The molecule has 0 bridgehead atoms. The third kappa shape index (κ3) is 5.75. The predicted molar refractivity (Wildman–Crippen MR) is 110 cm³/mol. The lowest BCUT2D eigenvalue weighted by Gasteiger charge is -2.23. The largest absolute Gasteiger partial charge is 0.497 e. The fourth-order valence-electron chi connectivity index (χ4n) is 2.73. The van der Waals surface area contributed by atoms with Crippen molar-refractivity contribution in [2.75, 3.05) is 12.4 Å². The molecular weight excluding hydrogens is 328 g/mol. The van der Waals surface area contributed by atoms with Crippen LogP contribution in [0.15, 0.2) is 42.5 Å². The lowest BCUT2D eigenvalue weighted by Crippen LogP contribution is -2.33. The van der Waals surface area contributed by atoms with Gasteiger partial charge >= 0.3 is 0 Å². The number of nitrogens with one attached hydrogen (secondary N) is 2. The van der Waals surface area contributed by atoms with Crippen molar-refractivity contribution in [3.8, 4) is 5.75 Å². The van der Waals surface area contributed by atoms with Crippen molar-refractivity contribution < 1.29 is 4.74 Å². The minimum absolute atomic E-state index is 0.164. The van der Waals surface area contributed by atoms with E-state index in [4.69, 9.17) is 17.0 Å². The summed E-state index contributed by atoms with van der Waals surface area (Å²) in [5.74, 6) is 1.42. The molecule has 0 amide bonds. The summed E-state index contributed by atoms with van der Waals surface area (Å²) in [4.78, 5) is 0. The first-order valence-electron chi connectivity index (χ1n) is 8.67. The second-order valence-electron chi connectivity index (χ2n) is 6.85. The quantitative estimate of drug-likeness (QED) is 0.680. The Morgan fingerprint density at radius 1 is 1.04 bits per heavy atom. The first kappa shape index (κ1) is 19.3. The van der Waals surface area contributed by atoms with Gasteiger partial charge in [0.2, 0.25) is 0 Å². The van der Waals surface area contributed by atoms with E-state index in [-0.39, 0.29) is 6.04 Å². The lowest BCUT2D eigenvalue weighted by molar-refractivity contribution is 0.414. The molecule has 0 saturated carbocycles. The number of ether oxygens (including phenoxy) is 1. The van der Waals surface area contributed by atoms with Crippen LogP contribution >= 0.6 is 12.2 Å². The minimum Gasteiger partial charge on any atom is -0.497 e.